The molecule has 0 heterocycles. The molecule has 17 heavy (non-hydrogen) atoms. The van der Waals surface area contributed by atoms with E-state index >= 15 is 0 Å². The topological polar surface area (TPSA) is 29.1 Å². The molecule has 0 aliphatic heterocycles. The molecule has 1 N–H and O–H groups in total. The van der Waals surface area contributed by atoms with Crippen LogP contribution in [0.25, 0.3) is 0 Å². The highest BCUT2D eigenvalue weighted by Crippen LogP contribution is 2.68. The van der Waals surface area contributed by atoms with E-state index in [4.69, 9.17) is 0 Å². The minimum Gasteiger partial charge on any atom is -0.356 e. The predicted molar refractivity (Wildman–Crippen MR) is 74.1 cm³/mol. The Balaban J connectivity index is 1.80. The van der Waals surface area contributed by atoms with Crippen molar-refractivity contribution >= 4 is 21.8 Å². The lowest BCUT2D eigenvalue weighted by atomic mass is 10.0. The molecule has 0 bridgehead atoms. The molecule has 2 rings (SSSR count). The van der Waals surface area contributed by atoms with Crippen LogP contribution in [-0.2, 0) is 4.79 Å². The Kier molecular flexibility index (Phi) is 3.35. The van der Waals surface area contributed by atoms with Gasteiger partial charge in [0.05, 0.1) is 0 Å². The zero-order valence-corrected chi connectivity index (χ0v) is 12.9. The molecule has 98 valence electrons. The summed E-state index contributed by atoms with van der Waals surface area (Å²) in [6.45, 7) is 9.65. The Morgan fingerprint density at radius 2 is 1.82 bits per heavy atom. The molecule has 2 atom stereocenters. The van der Waals surface area contributed by atoms with E-state index in [-0.39, 0.29) is 22.7 Å². The van der Waals surface area contributed by atoms with Gasteiger partial charge in [0.25, 0.3) is 0 Å². The molecule has 2 nitrogen and oxygen atoms in total. The fraction of sp³-hybridized carbons (Fsp3) is 0.929. The fourth-order valence-electron chi connectivity index (χ4n) is 3.40. The van der Waals surface area contributed by atoms with Crippen molar-refractivity contribution in [2.75, 3.05) is 6.54 Å². The fourth-order valence-corrected chi connectivity index (χ4v) is 4.19. The van der Waals surface area contributed by atoms with Gasteiger partial charge in [-0.15, -0.1) is 0 Å². The standard InChI is InChI=1S/C14H24BrNO/c1-13(2)11(14(13,3)4)12(17)16-8-9-5-6-10(15)7-9/h9-11H,5-8H2,1-4H3,(H,16,17). The average molecular weight is 302 g/mol. The first-order valence-electron chi connectivity index (χ1n) is 6.68. The molecule has 3 heteroatoms. The Labute approximate surface area is 113 Å². The molecular formula is C14H24BrNO. The van der Waals surface area contributed by atoms with E-state index in [1.165, 1.54) is 19.3 Å². The SMILES string of the molecule is CC1(C)C(C(=O)NCC2CCC(Br)C2)C1(C)C. The number of halogens is 1. The van der Waals surface area contributed by atoms with E-state index in [2.05, 4.69) is 48.9 Å². The lowest BCUT2D eigenvalue weighted by molar-refractivity contribution is -0.123. The molecule has 0 aromatic carbocycles. The first-order valence-corrected chi connectivity index (χ1v) is 7.60. The third-order valence-electron chi connectivity index (χ3n) is 5.33. The summed E-state index contributed by atoms with van der Waals surface area (Å²) in [5.74, 6) is 1.13. The summed E-state index contributed by atoms with van der Waals surface area (Å²) >= 11 is 3.65. The highest BCUT2D eigenvalue weighted by atomic mass is 79.9. The summed E-state index contributed by atoms with van der Waals surface area (Å²) < 4.78 is 0. The van der Waals surface area contributed by atoms with Gasteiger partial charge < -0.3 is 5.32 Å². The lowest BCUT2D eigenvalue weighted by Crippen LogP contribution is -2.31. The van der Waals surface area contributed by atoms with Crippen LogP contribution in [0, 0.1) is 22.7 Å². The van der Waals surface area contributed by atoms with Crippen molar-refractivity contribution in [3.63, 3.8) is 0 Å². The minimum atomic E-state index is 0.157. The van der Waals surface area contributed by atoms with Crippen LogP contribution in [0.1, 0.15) is 47.0 Å². The summed E-state index contributed by atoms with van der Waals surface area (Å²) in [5.41, 5.74) is 0.315. The zero-order valence-electron chi connectivity index (χ0n) is 11.3. The van der Waals surface area contributed by atoms with Gasteiger partial charge in [-0.25, -0.2) is 0 Å². The van der Waals surface area contributed by atoms with Crippen molar-refractivity contribution in [1.29, 1.82) is 0 Å². The van der Waals surface area contributed by atoms with Gasteiger partial charge in [-0.05, 0) is 36.0 Å². The van der Waals surface area contributed by atoms with Crippen molar-refractivity contribution < 1.29 is 4.79 Å². The molecule has 2 fully saturated rings. The van der Waals surface area contributed by atoms with Gasteiger partial charge in [0.1, 0.15) is 0 Å². The van der Waals surface area contributed by atoms with Crippen LogP contribution in [0.3, 0.4) is 0 Å². The molecule has 0 saturated heterocycles. The van der Waals surface area contributed by atoms with E-state index in [0.717, 1.165) is 6.54 Å². The van der Waals surface area contributed by atoms with E-state index < -0.39 is 0 Å². The molecule has 1 amide bonds. The van der Waals surface area contributed by atoms with Crippen molar-refractivity contribution in [2.45, 2.75) is 51.8 Å². The molecule has 0 spiro atoms. The normalized spacial score (nSPS) is 34.6. The van der Waals surface area contributed by atoms with E-state index in [1.807, 2.05) is 0 Å². The summed E-state index contributed by atoms with van der Waals surface area (Å²) in [4.78, 5) is 12.8. The average Bonchev–Trinajstić information content (AvgIpc) is 2.54. The van der Waals surface area contributed by atoms with E-state index in [0.29, 0.717) is 10.7 Å². The van der Waals surface area contributed by atoms with Crippen molar-refractivity contribution in [3.8, 4) is 0 Å². The van der Waals surface area contributed by atoms with Gasteiger partial charge in [-0.3, -0.25) is 4.79 Å². The van der Waals surface area contributed by atoms with Crippen LogP contribution < -0.4 is 5.32 Å². The smallest absolute Gasteiger partial charge is 0.224 e. The number of carbonyl (C=O) groups is 1. The molecule has 2 aliphatic carbocycles. The largest absolute Gasteiger partial charge is 0.356 e. The van der Waals surface area contributed by atoms with Crippen LogP contribution >= 0.6 is 15.9 Å². The molecule has 2 saturated carbocycles. The van der Waals surface area contributed by atoms with Gasteiger partial charge in [0.2, 0.25) is 5.91 Å². The van der Waals surface area contributed by atoms with E-state index in [1.54, 1.807) is 0 Å². The highest BCUT2D eigenvalue weighted by molar-refractivity contribution is 9.09. The van der Waals surface area contributed by atoms with Crippen molar-refractivity contribution in [3.05, 3.63) is 0 Å². The number of nitrogens with one attached hydrogen (secondary N) is 1. The summed E-state index contributed by atoms with van der Waals surface area (Å²) in [5, 5.41) is 3.16. The van der Waals surface area contributed by atoms with Crippen LogP contribution in [0.5, 0.6) is 0 Å². The van der Waals surface area contributed by atoms with Gasteiger partial charge in [-0.1, -0.05) is 43.6 Å². The molecule has 0 radical (unpaired) electrons. The molecule has 0 aromatic heterocycles. The van der Waals surface area contributed by atoms with Gasteiger partial charge in [0.15, 0.2) is 0 Å². The number of rotatable bonds is 3. The molecule has 2 aliphatic rings. The van der Waals surface area contributed by atoms with Crippen LogP contribution in [-0.4, -0.2) is 17.3 Å². The molecule has 0 aromatic rings. The highest BCUT2D eigenvalue weighted by Gasteiger charge is 2.68. The Morgan fingerprint density at radius 3 is 2.24 bits per heavy atom. The maximum absolute atomic E-state index is 12.2. The summed E-state index contributed by atoms with van der Waals surface area (Å²) in [7, 11) is 0. The van der Waals surface area contributed by atoms with Crippen LogP contribution in [0.2, 0.25) is 0 Å². The van der Waals surface area contributed by atoms with Crippen LogP contribution in [0.15, 0.2) is 0 Å². The third-order valence-corrected chi connectivity index (χ3v) is 6.16. The Morgan fingerprint density at radius 1 is 1.24 bits per heavy atom. The molecule has 2 unspecified atom stereocenters. The maximum Gasteiger partial charge on any atom is 0.224 e. The van der Waals surface area contributed by atoms with Gasteiger partial charge in [0, 0.05) is 17.3 Å². The lowest BCUT2D eigenvalue weighted by Gasteiger charge is -2.11. The Hall–Kier alpha value is -0.0500. The minimum absolute atomic E-state index is 0.157. The first kappa shape index (κ1) is 13.4. The molecular weight excluding hydrogens is 278 g/mol. The number of amides is 1. The van der Waals surface area contributed by atoms with Crippen molar-refractivity contribution in [2.24, 2.45) is 22.7 Å². The quantitative estimate of drug-likeness (QED) is 0.796. The maximum atomic E-state index is 12.2. The third kappa shape index (κ3) is 2.27. The van der Waals surface area contributed by atoms with Gasteiger partial charge in [-0.2, -0.15) is 0 Å². The summed E-state index contributed by atoms with van der Waals surface area (Å²) in [6.07, 6.45) is 3.70. The van der Waals surface area contributed by atoms with Crippen LogP contribution in [0.4, 0.5) is 0 Å². The second-order valence-corrected chi connectivity index (χ2v) is 8.19. The monoisotopic (exact) mass is 301 g/mol. The van der Waals surface area contributed by atoms with E-state index in [9.17, 15) is 4.79 Å². The number of carbonyl (C=O) groups excluding carboxylic acids is 1. The van der Waals surface area contributed by atoms with Gasteiger partial charge >= 0.3 is 0 Å². The number of hydrogen-bond acceptors (Lipinski definition) is 1. The Bertz CT molecular complexity index is 310. The first-order chi connectivity index (χ1) is 7.76. The predicted octanol–water partition coefficient (Wildman–Crippen LogP) is 3.35. The number of hydrogen-bond donors (Lipinski definition) is 1. The zero-order chi connectivity index (χ0) is 12.8. The van der Waals surface area contributed by atoms with Crippen molar-refractivity contribution in [1.82, 2.24) is 5.32 Å². The second kappa shape index (κ2) is 4.25. The summed E-state index contributed by atoms with van der Waals surface area (Å²) in [6, 6.07) is 0. The number of alkyl halides is 1. The second-order valence-electron chi connectivity index (χ2n) is 6.90.